The molecule has 1 aliphatic rings. The Morgan fingerprint density at radius 1 is 0.526 bits per heavy atom. The van der Waals surface area contributed by atoms with Crippen LogP contribution in [0.4, 0.5) is 0 Å². The third kappa shape index (κ3) is 4.93. The van der Waals surface area contributed by atoms with Crippen LogP contribution in [0.2, 0.25) is 0 Å². The van der Waals surface area contributed by atoms with Gasteiger partial charge in [0.05, 0.1) is 56.4 Å². The molecule has 268 valence electrons. The van der Waals surface area contributed by atoms with Gasteiger partial charge in [-0.15, -0.1) is 0 Å². The van der Waals surface area contributed by atoms with E-state index in [-0.39, 0.29) is 5.92 Å². The largest absolute Gasteiger partial charge is 0.309 e. The number of hydrogen-bond donors (Lipinski definition) is 0. The fourth-order valence-corrected chi connectivity index (χ4v) is 9.50. The third-order valence-electron chi connectivity index (χ3n) is 12.0. The van der Waals surface area contributed by atoms with Crippen LogP contribution in [0.5, 0.6) is 0 Å². The number of aromatic nitrogens is 3. The molecule has 0 fully saturated rings. The number of nitriles is 2. The average molecular weight is 730 g/mol. The lowest BCUT2D eigenvalue weighted by Crippen LogP contribution is -2.12. The lowest BCUT2D eigenvalue weighted by molar-refractivity contribution is 0.665. The van der Waals surface area contributed by atoms with Crippen LogP contribution in [-0.2, 0) is 6.42 Å². The van der Waals surface area contributed by atoms with Crippen LogP contribution < -0.4 is 0 Å². The molecule has 10 aromatic rings. The van der Waals surface area contributed by atoms with E-state index in [0.717, 1.165) is 40.1 Å². The molecule has 0 N–H and O–H groups in total. The minimum absolute atomic E-state index is 0.287. The highest BCUT2D eigenvalue weighted by Crippen LogP contribution is 2.44. The SMILES string of the molecule is CC1CC=CC(n2c3ccccc3c3cc(-n4c5ccccc5c5ccc6c(c7ccccc7n6-c6ccccc6)c54)ccc32)=C1Cc1cc(C#N)cc(C#N)c1. The molecule has 1 atom stereocenters. The van der Waals surface area contributed by atoms with E-state index in [1.54, 1.807) is 6.07 Å². The monoisotopic (exact) mass is 729 g/mol. The number of rotatable bonds is 5. The number of benzene rings is 7. The molecule has 5 heteroatoms. The standard InChI is InChI=1S/C52H35N5/c1-33-12-11-21-48(43(33)29-34-26-35(31-53)28-36(27-34)32-54)57-46-19-9-6-16-40(46)44-30-38(22-24-49(44)57)56-45-18-8-5-15-39(45)41-23-25-50-51(52(41)56)42-17-7-10-20-47(42)55(50)37-13-3-2-4-14-37/h2-11,13-28,30,33H,12,29H2,1H3. The van der Waals surface area contributed by atoms with Gasteiger partial charge in [-0.3, -0.25) is 0 Å². The Morgan fingerprint density at radius 3 is 1.84 bits per heavy atom. The van der Waals surface area contributed by atoms with E-state index in [0.29, 0.717) is 17.5 Å². The van der Waals surface area contributed by atoms with Crippen molar-refractivity contribution < 1.29 is 0 Å². The summed E-state index contributed by atoms with van der Waals surface area (Å²) in [4.78, 5) is 0. The van der Waals surface area contributed by atoms with Crippen LogP contribution in [0, 0.1) is 28.6 Å². The van der Waals surface area contributed by atoms with E-state index in [9.17, 15) is 10.5 Å². The van der Waals surface area contributed by atoms with Crippen LogP contribution in [0.1, 0.15) is 30.0 Å². The summed E-state index contributed by atoms with van der Waals surface area (Å²) < 4.78 is 7.29. The maximum Gasteiger partial charge on any atom is 0.0992 e. The van der Waals surface area contributed by atoms with E-state index >= 15 is 0 Å². The first-order valence-electron chi connectivity index (χ1n) is 19.5. The molecule has 7 aromatic carbocycles. The lowest BCUT2D eigenvalue weighted by Gasteiger charge is -2.24. The summed E-state index contributed by atoms with van der Waals surface area (Å²) in [6.07, 6.45) is 6.14. The summed E-state index contributed by atoms with van der Waals surface area (Å²) in [6, 6.07) is 58.5. The molecular weight excluding hydrogens is 695 g/mol. The molecule has 1 aliphatic carbocycles. The molecular formula is C52H35N5. The molecule has 5 nitrogen and oxygen atoms in total. The summed E-state index contributed by atoms with van der Waals surface area (Å²) in [6.45, 7) is 2.28. The van der Waals surface area contributed by atoms with Crippen molar-refractivity contribution in [3.8, 4) is 23.5 Å². The zero-order valence-electron chi connectivity index (χ0n) is 31.3. The van der Waals surface area contributed by atoms with Crippen LogP contribution >= 0.6 is 0 Å². The Kier molecular flexibility index (Phi) is 7.33. The van der Waals surface area contributed by atoms with E-state index in [2.05, 4.69) is 178 Å². The highest BCUT2D eigenvalue weighted by Gasteiger charge is 2.24. The van der Waals surface area contributed by atoms with Crippen molar-refractivity contribution in [2.45, 2.75) is 19.8 Å². The Bertz CT molecular complexity index is 3410. The molecule has 0 spiro atoms. The summed E-state index contributed by atoms with van der Waals surface area (Å²) >= 11 is 0. The quantitative estimate of drug-likeness (QED) is 0.177. The second-order valence-electron chi connectivity index (χ2n) is 15.2. The Labute approximate surface area is 329 Å². The van der Waals surface area contributed by atoms with Crippen LogP contribution in [0.15, 0.2) is 169 Å². The van der Waals surface area contributed by atoms with Gasteiger partial charge in [0.1, 0.15) is 0 Å². The van der Waals surface area contributed by atoms with Gasteiger partial charge in [0.15, 0.2) is 0 Å². The molecule has 0 saturated carbocycles. The zero-order valence-corrected chi connectivity index (χ0v) is 31.3. The Balaban J connectivity index is 1.19. The van der Waals surface area contributed by atoms with Gasteiger partial charge < -0.3 is 13.7 Å². The van der Waals surface area contributed by atoms with E-state index in [4.69, 9.17) is 0 Å². The molecule has 0 radical (unpaired) electrons. The number of fused-ring (bicyclic) bond motifs is 10. The average Bonchev–Trinajstić information content (AvgIpc) is 3.90. The molecule has 1 unspecified atom stereocenters. The van der Waals surface area contributed by atoms with Gasteiger partial charge in [-0.25, -0.2) is 0 Å². The first kappa shape index (κ1) is 32.8. The predicted octanol–water partition coefficient (Wildman–Crippen LogP) is 12.8. The molecule has 3 heterocycles. The molecule has 0 saturated heterocycles. The van der Waals surface area contributed by atoms with Crippen molar-refractivity contribution in [3.05, 3.63) is 186 Å². The summed E-state index contributed by atoms with van der Waals surface area (Å²) in [7, 11) is 0. The smallest absolute Gasteiger partial charge is 0.0992 e. The van der Waals surface area contributed by atoms with Crippen molar-refractivity contribution in [1.82, 2.24) is 13.7 Å². The number of para-hydroxylation sites is 4. The Hall–Kier alpha value is -7.60. The third-order valence-corrected chi connectivity index (χ3v) is 12.0. The van der Waals surface area contributed by atoms with Gasteiger partial charge in [-0.05, 0) is 109 Å². The van der Waals surface area contributed by atoms with Gasteiger partial charge in [0.2, 0.25) is 0 Å². The summed E-state index contributed by atoms with van der Waals surface area (Å²) in [5.74, 6) is 0.287. The van der Waals surface area contributed by atoms with E-state index in [1.807, 2.05) is 12.1 Å². The minimum atomic E-state index is 0.287. The normalized spacial score (nSPS) is 14.4. The second-order valence-corrected chi connectivity index (χ2v) is 15.2. The van der Waals surface area contributed by atoms with Gasteiger partial charge >= 0.3 is 0 Å². The molecule has 11 rings (SSSR count). The Morgan fingerprint density at radius 2 is 1.12 bits per heavy atom. The van der Waals surface area contributed by atoms with Crippen molar-refractivity contribution in [3.63, 3.8) is 0 Å². The van der Waals surface area contributed by atoms with Crippen LogP contribution in [0.3, 0.4) is 0 Å². The molecule has 0 amide bonds. The maximum absolute atomic E-state index is 9.74. The van der Waals surface area contributed by atoms with E-state index in [1.165, 1.54) is 60.0 Å². The molecule has 0 aliphatic heterocycles. The van der Waals surface area contributed by atoms with Crippen molar-refractivity contribution >= 4 is 71.1 Å². The number of nitrogens with zero attached hydrogens (tertiary/aromatic N) is 5. The number of allylic oxidation sites excluding steroid dienone is 4. The predicted molar refractivity (Wildman–Crippen MR) is 234 cm³/mol. The second kappa shape index (κ2) is 12.7. The van der Waals surface area contributed by atoms with Gasteiger partial charge in [0, 0.05) is 49.4 Å². The summed E-state index contributed by atoms with van der Waals surface area (Å²) in [5.41, 5.74) is 13.7. The van der Waals surface area contributed by atoms with Crippen molar-refractivity contribution in [2.75, 3.05) is 0 Å². The van der Waals surface area contributed by atoms with E-state index < -0.39 is 0 Å². The van der Waals surface area contributed by atoms with Crippen molar-refractivity contribution in [2.24, 2.45) is 5.92 Å². The fourth-order valence-electron chi connectivity index (χ4n) is 9.50. The first-order chi connectivity index (χ1) is 28.1. The van der Waals surface area contributed by atoms with Crippen LogP contribution in [0.25, 0.3) is 82.5 Å². The van der Waals surface area contributed by atoms with Crippen molar-refractivity contribution in [1.29, 1.82) is 10.5 Å². The van der Waals surface area contributed by atoms with Gasteiger partial charge in [-0.1, -0.05) is 91.9 Å². The number of hydrogen-bond acceptors (Lipinski definition) is 2. The molecule has 57 heavy (non-hydrogen) atoms. The van der Waals surface area contributed by atoms with Gasteiger partial charge in [-0.2, -0.15) is 10.5 Å². The molecule has 3 aromatic heterocycles. The molecule has 0 bridgehead atoms. The van der Waals surface area contributed by atoms with Gasteiger partial charge in [0.25, 0.3) is 0 Å². The zero-order chi connectivity index (χ0) is 38.2. The maximum atomic E-state index is 9.74. The highest BCUT2D eigenvalue weighted by atomic mass is 15.0. The summed E-state index contributed by atoms with van der Waals surface area (Å²) in [5, 5.41) is 26.8. The lowest BCUT2D eigenvalue weighted by atomic mass is 9.86. The topological polar surface area (TPSA) is 62.4 Å². The highest BCUT2D eigenvalue weighted by molar-refractivity contribution is 6.26. The first-order valence-corrected chi connectivity index (χ1v) is 19.5. The minimum Gasteiger partial charge on any atom is -0.309 e. The fraction of sp³-hybridized carbons (Fsp3) is 0.0769. The van der Waals surface area contributed by atoms with Crippen LogP contribution in [-0.4, -0.2) is 13.7 Å².